The lowest BCUT2D eigenvalue weighted by Gasteiger charge is -2.19. The molecule has 0 aliphatic rings. The number of hydrogen-bond donors (Lipinski definition) is 1. The summed E-state index contributed by atoms with van der Waals surface area (Å²) in [6, 6.07) is 2.58. The first-order valence-corrected chi connectivity index (χ1v) is 5.99. The van der Waals surface area contributed by atoms with Crippen LogP contribution in [-0.4, -0.2) is 11.7 Å². The fourth-order valence-electron chi connectivity index (χ4n) is 1.53. The summed E-state index contributed by atoms with van der Waals surface area (Å²) in [6.07, 6.45) is 0.214. The predicted molar refractivity (Wildman–Crippen MR) is 63.2 cm³/mol. The largest absolute Gasteiger partial charge is 0.396 e. The van der Waals surface area contributed by atoms with Crippen molar-refractivity contribution in [3.8, 4) is 0 Å². The Balaban J connectivity index is 3.00. The first-order valence-electron chi connectivity index (χ1n) is 5.20. The molecule has 0 aromatic heterocycles. The Kier molecular flexibility index (Phi) is 4.87. The van der Waals surface area contributed by atoms with Crippen LogP contribution in [0.5, 0.6) is 0 Å². The molecule has 0 spiro atoms. The summed E-state index contributed by atoms with van der Waals surface area (Å²) in [5.74, 6) is -1.07. The Labute approximate surface area is 103 Å². The molecular formula is C12H15BrF2O. The number of hydrogen-bond acceptors (Lipinski definition) is 1. The molecule has 1 atom stereocenters. The molecular weight excluding hydrogens is 278 g/mol. The van der Waals surface area contributed by atoms with Gasteiger partial charge in [0.2, 0.25) is 0 Å². The second-order valence-corrected chi connectivity index (χ2v) is 5.07. The minimum atomic E-state index is -0.570. The van der Waals surface area contributed by atoms with E-state index in [0.717, 1.165) is 0 Å². The summed E-state index contributed by atoms with van der Waals surface area (Å²) < 4.78 is 27.4. The van der Waals surface area contributed by atoms with Crippen molar-refractivity contribution in [2.75, 3.05) is 6.61 Å². The maximum atomic E-state index is 13.7. The van der Waals surface area contributed by atoms with Gasteiger partial charge in [-0.15, -0.1) is 0 Å². The fraction of sp³-hybridized carbons (Fsp3) is 0.500. The standard InChI is InChI=1S/C12H15BrF2O/c1-7(2)8(6-16)5-9-11(14)4-3-10(13)12(9)15/h3-4,7-8,16H,5-6H2,1-2H3. The molecule has 0 heterocycles. The summed E-state index contributed by atoms with van der Waals surface area (Å²) in [7, 11) is 0. The van der Waals surface area contributed by atoms with Crippen molar-refractivity contribution < 1.29 is 13.9 Å². The highest BCUT2D eigenvalue weighted by atomic mass is 79.9. The van der Waals surface area contributed by atoms with Crippen molar-refractivity contribution in [3.63, 3.8) is 0 Å². The zero-order valence-corrected chi connectivity index (χ0v) is 10.9. The van der Waals surface area contributed by atoms with Gasteiger partial charge in [0.05, 0.1) is 4.47 Å². The summed E-state index contributed by atoms with van der Waals surface area (Å²) in [5.41, 5.74) is 0.0436. The molecule has 1 aromatic rings. The van der Waals surface area contributed by atoms with Crippen LogP contribution in [0.2, 0.25) is 0 Å². The summed E-state index contributed by atoms with van der Waals surface area (Å²) >= 11 is 3.02. The van der Waals surface area contributed by atoms with E-state index in [1.165, 1.54) is 12.1 Å². The normalized spacial score (nSPS) is 13.2. The van der Waals surface area contributed by atoms with Crippen LogP contribution in [0, 0.1) is 23.5 Å². The van der Waals surface area contributed by atoms with Gasteiger partial charge in [-0.2, -0.15) is 0 Å². The maximum absolute atomic E-state index is 13.7. The number of aliphatic hydroxyl groups is 1. The van der Waals surface area contributed by atoms with Crippen LogP contribution in [0.15, 0.2) is 16.6 Å². The molecule has 0 fully saturated rings. The highest BCUT2D eigenvalue weighted by Crippen LogP contribution is 2.26. The van der Waals surface area contributed by atoms with Crippen LogP contribution in [-0.2, 0) is 6.42 Å². The lowest BCUT2D eigenvalue weighted by molar-refractivity contribution is 0.187. The van der Waals surface area contributed by atoms with Crippen molar-refractivity contribution in [1.29, 1.82) is 0 Å². The molecule has 1 N–H and O–H groups in total. The minimum absolute atomic E-state index is 0.0436. The second kappa shape index (κ2) is 5.73. The van der Waals surface area contributed by atoms with Gasteiger partial charge < -0.3 is 5.11 Å². The van der Waals surface area contributed by atoms with Crippen LogP contribution in [0.25, 0.3) is 0 Å². The maximum Gasteiger partial charge on any atom is 0.143 e. The fourth-order valence-corrected chi connectivity index (χ4v) is 1.90. The average molecular weight is 293 g/mol. The van der Waals surface area contributed by atoms with Crippen molar-refractivity contribution >= 4 is 15.9 Å². The summed E-state index contributed by atoms with van der Waals surface area (Å²) in [5, 5.41) is 9.15. The molecule has 0 amide bonds. The molecule has 1 nitrogen and oxygen atoms in total. The van der Waals surface area contributed by atoms with E-state index in [9.17, 15) is 8.78 Å². The van der Waals surface area contributed by atoms with Gasteiger partial charge in [-0.3, -0.25) is 0 Å². The van der Waals surface area contributed by atoms with Crippen LogP contribution < -0.4 is 0 Å². The Morgan fingerprint density at radius 3 is 2.44 bits per heavy atom. The first-order chi connectivity index (χ1) is 7.47. The Morgan fingerprint density at radius 1 is 1.31 bits per heavy atom. The minimum Gasteiger partial charge on any atom is -0.396 e. The Hall–Kier alpha value is -0.480. The molecule has 1 aromatic carbocycles. The van der Waals surface area contributed by atoms with Crippen LogP contribution in [0.3, 0.4) is 0 Å². The predicted octanol–water partition coefficient (Wildman–Crippen LogP) is 3.53. The first kappa shape index (κ1) is 13.6. The number of aliphatic hydroxyl groups excluding tert-OH is 1. The zero-order chi connectivity index (χ0) is 12.3. The topological polar surface area (TPSA) is 20.2 Å². The van der Waals surface area contributed by atoms with E-state index in [0.29, 0.717) is 0 Å². The Bertz CT molecular complexity index is 366. The lowest BCUT2D eigenvalue weighted by atomic mass is 9.89. The van der Waals surface area contributed by atoms with Gasteiger partial charge >= 0.3 is 0 Å². The van der Waals surface area contributed by atoms with Gasteiger partial charge in [0.1, 0.15) is 11.6 Å². The van der Waals surface area contributed by atoms with E-state index < -0.39 is 11.6 Å². The molecule has 0 saturated carbocycles. The third kappa shape index (κ3) is 3.01. The third-order valence-electron chi connectivity index (χ3n) is 2.78. The molecule has 0 bridgehead atoms. The quantitative estimate of drug-likeness (QED) is 0.842. The van der Waals surface area contributed by atoms with E-state index in [1.807, 2.05) is 13.8 Å². The average Bonchev–Trinajstić information content (AvgIpc) is 2.23. The van der Waals surface area contributed by atoms with Crippen LogP contribution >= 0.6 is 15.9 Å². The van der Waals surface area contributed by atoms with Gasteiger partial charge in [0.25, 0.3) is 0 Å². The van der Waals surface area contributed by atoms with E-state index in [4.69, 9.17) is 5.11 Å². The van der Waals surface area contributed by atoms with Crippen LogP contribution in [0.4, 0.5) is 8.78 Å². The number of benzene rings is 1. The van der Waals surface area contributed by atoms with Crippen molar-refractivity contribution in [3.05, 3.63) is 33.8 Å². The van der Waals surface area contributed by atoms with Gasteiger partial charge in [0.15, 0.2) is 0 Å². The van der Waals surface area contributed by atoms with E-state index in [-0.39, 0.29) is 34.9 Å². The molecule has 16 heavy (non-hydrogen) atoms. The van der Waals surface area contributed by atoms with Gasteiger partial charge in [-0.25, -0.2) is 8.78 Å². The van der Waals surface area contributed by atoms with Crippen molar-refractivity contribution in [1.82, 2.24) is 0 Å². The highest BCUT2D eigenvalue weighted by Gasteiger charge is 2.19. The van der Waals surface area contributed by atoms with Gasteiger partial charge in [-0.1, -0.05) is 13.8 Å². The molecule has 0 radical (unpaired) electrons. The van der Waals surface area contributed by atoms with Crippen LogP contribution in [0.1, 0.15) is 19.4 Å². The van der Waals surface area contributed by atoms with E-state index >= 15 is 0 Å². The third-order valence-corrected chi connectivity index (χ3v) is 3.39. The molecule has 90 valence electrons. The molecule has 0 aliphatic carbocycles. The molecule has 1 rings (SSSR count). The van der Waals surface area contributed by atoms with Gasteiger partial charge in [-0.05, 0) is 46.3 Å². The zero-order valence-electron chi connectivity index (χ0n) is 9.30. The smallest absolute Gasteiger partial charge is 0.143 e. The monoisotopic (exact) mass is 292 g/mol. The number of rotatable bonds is 4. The van der Waals surface area contributed by atoms with E-state index in [2.05, 4.69) is 15.9 Å². The Morgan fingerprint density at radius 2 is 1.94 bits per heavy atom. The molecule has 4 heteroatoms. The highest BCUT2D eigenvalue weighted by molar-refractivity contribution is 9.10. The molecule has 0 aliphatic heterocycles. The van der Waals surface area contributed by atoms with Crippen molar-refractivity contribution in [2.24, 2.45) is 11.8 Å². The molecule has 0 saturated heterocycles. The number of halogens is 3. The van der Waals surface area contributed by atoms with Gasteiger partial charge in [0, 0.05) is 12.2 Å². The van der Waals surface area contributed by atoms with E-state index in [1.54, 1.807) is 0 Å². The van der Waals surface area contributed by atoms with Crippen molar-refractivity contribution in [2.45, 2.75) is 20.3 Å². The SMILES string of the molecule is CC(C)C(CO)Cc1c(F)ccc(Br)c1F. The second-order valence-electron chi connectivity index (χ2n) is 4.21. The lowest BCUT2D eigenvalue weighted by Crippen LogP contribution is -2.18. The summed E-state index contributed by atoms with van der Waals surface area (Å²) in [6.45, 7) is 3.78. The molecule has 1 unspecified atom stereocenters. The summed E-state index contributed by atoms with van der Waals surface area (Å²) in [4.78, 5) is 0.